The van der Waals surface area contributed by atoms with Crippen LogP contribution in [0, 0.1) is 0 Å². The molecule has 1 aliphatic heterocycles. The summed E-state index contributed by atoms with van der Waals surface area (Å²) in [6, 6.07) is 10.5. The van der Waals surface area contributed by atoms with E-state index in [1.807, 2.05) is 26.0 Å². The summed E-state index contributed by atoms with van der Waals surface area (Å²) in [6.07, 6.45) is 0.473. The van der Waals surface area contributed by atoms with Gasteiger partial charge in [-0.25, -0.2) is 4.79 Å². The van der Waals surface area contributed by atoms with E-state index in [2.05, 4.69) is 10.6 Å². The summed E-state index contributed by atoms with van der Waals surface area (Å²) < 4.78 is 16.4. The van der Waals surface area contributed by atoms with Crippen molar-refractivity contribution < 1.29 is 23.8 Å². The number of rotatable bonds is 7. The number of hydrogen-bond acceptors (Lipinski definition) is 5. The predicted octanol–water partition coefficient (Wildman–Crippen LogP) is 3.91. The van der Waals surface area contributed by atoms with E-state index in [0.717, 1.165) is 29.0 Å². The molecule has 1 atom stereocenters. The van der Waals surface area contributed by atoms with Crippen LogP contribution in [0.15, 0.2) is 36.4 Å². The normalized spacial score (nSPS) is 14.5. The van der Waals surface area contributed by atoms with Gasteiger partial charge in [-0.15, -0.1) is 0 Å². The number of benzene rings is 2. The van der Waals surface area contributed by atoms with Gasteiger partial charge in [-0.3, -0.25) is 10.1 Å². The van der Waals surface area contributed by atoms with E-state index in [-0.39, 0.29) is 12.0 Å². The Morgan fingerprint density at radius 3 is 2.59 bits per heavy atom. The first-order chi connectivity index (χ1) is 14.0. The molecule has 1 heterocycles. The molecule has 3 rings (SSSR count). The lowest BCUT2D eigenvalue weighted by Crippen LogP contribution is -2.23. The Hall–Kier alpha value is -3.22. The highest BCUT2D eigenvalue weighted by Crippen LogP contribution is 2.35. The molecular weight excluding hydrogens is 372 g/mol. The summed E-state index contributed by atoms with van der Waals surface area (Å²) in [5, 5.41) is 5.50. The van der Waals surface area contributed by atoms with Crippen LogP contribution >= 0.6 is 0 Å². The summed E-state index contributed by atoms with van der Waals surface area (Å²) >= 11 is 0. The van der Waals surface area contributed by atoms with Crippen molar-refractivity contribution in [2.24, 2.45) is 0 Å². The van der Waals surface area contributed by atoms with E-state index in [1.54, 1.807) is 31.2 Å². The van der Waals surface area contributed by atoms with Crippen molar-refractivity contribution in [3.05, 3.63) is 53.1 Å². The van der Waals surface area contributed by atoms with E-state index in [1.165, 1.54) is 0 Å². The van der Waals surface area contributed by atoms with Gasteiger partial charge in [0.15, 0.2) is 0 Å². The third-order valence-electron chi connectivity index (χ3n) is 4.49. The van der Waals surface area contributed by atoms with Gasteiger partial charge in [0.05, 0.1) is 13.2 Å². The molecule has 2 N–H and O–H groups in total. The van der Waals surface area contributed by atoms with Gasteiger partial charge in [0.25, 0.3) is 5.91 Å². The summed E-state index contributed by atoms with van der Waals surface area (Å²) in [7, 11) is 0. The second-order valence-electron chi connectivity index (χ2n) is 6.74. The minimum absolute atomic E-state index is 0.144. The maximum absolute atomic E-state index is 12.5. The highest BCUT2D eigenvalue weighted by molar-refractivity contribution is 5.95. The number of hydrogen-bond donors (Lipinski definition) is 2. The van der Waals surface area contributed by atoms with Crippen LogP contribution in [-0.2, 0) is 17.7 Å². The fourth-order valence-corrected chi connectivity index (χ4v) is 3.18. The van der Waals surface area contributed by atoms with Crippen LogP contribution in [0.1, 0.15) is 42.3 Å². The fourth-order valence-electron chi connectivity index (χ4n) is 3.18. The molecule has 0 radical (unpaired) electrons. The second-order valence-corrected chi connectivity index (χ2v) is 6.74. The third-order valence-corrected chi connectivity index (χ3v) is 4.49. The SMILES string of the molecule is CCOC(=O)Nc1ccc(C(=O)NCc2cc3c(cc2OCC)C[C@H](C)O3)cc1. The van der Waals surface area contributed by atoms with Crippen LogP contribution < -0.4 is 20.1 Å². The van der Waals surface area contributed by atoms with E-state index >= 15 is 0 Å². The fraction of sp³-hybridized carbons (Fsp3) is 0.364. The van der Waals surface area contributed by atoms with E-state index < -0.39 is 6.09 Å². The second kappa shape index (κ2) is 9.32. The van der Waals surface area contributed by atoms with Gasteiger partial charge in [0.2, 0.25) is 0 Å². The summed E-state index contributed by atoms with van der Waals surface area (Å²) in [5.41, 5.74) is 3.04. The Bertz CT molecular complexity index is 880. The Morgan fingerprint density at radius 2 is 1.90 bits per heavy atom. The van der Waals surface area contributed by atoms with E-state index in [4.69, 9.17) is 14.2 Å². The lowest BCUT2D eigenvalue weighted by atomic mass is 10.1. The standard InChI is InChI=1S/C22H26N2O5/c1-4-27-19-11-16-10-14(3)29-20(16)12-17(19)13-23-21(25)15-6-8-18(9-7-15)24-22(26)28-5-2/h6-9,11-12,14H,4-5,10,13H2,1-3H3,(H,23,25)(H,24,26)/t14-/m0/s1. The van der Waals surface area contributed by atoms with Crippen molar-refractivity contribution in [1.29, 1.82) is 0 Å². The molecule has 29 heavy (non-hydrogen) atoms. The molecule has 0 fully saturated rings. The smallest absolute Gasteiger partial charge is 0.411 e. The lowest BCUT2D eigenvalue weighted by molar-refractivity contribution is 0.0950. The zero-order valence-corrected chi connectivity index (χ0v) is 16.9. The number of nitrogens with one attached hydrogen (secondary N) is 2. The Kier molecular flexibility index (Phi) is 6.59. The number of fused-ring (bicyclic) bond motifs is 1. The highest BCUT2D eigenvalue weighted by Gasteiger charge is 2.22. The zero-order chi connectivity index (χ0) is 20.8. The first-order valence-electron chi connectivity index (χ1n) is 9.77. The maximum atomic E-state index is 12.5. The minimum Gasteiger partial charge on any atom is -0.494 e. The van der Waals surface area contributed by atoms with Gasteiger partial charge in [0.1, 0.15) is 17.6 Å². The maximum Gasteiger partial charge on any atom is 0.411 e. The highest BCUT2D eigenvalue weighted by atomic mass is 16.5. The average molecular weight is 398 g/mol. The predicted molar refractivity (Wildman–Crippen MR) is 110 cm³/mol. The van der Waals surface area contributed by atoms with Gasteiger partial charge < -0.3 is 19.5 Å². The molecule has 0 saturated carbocycles. The molecule has 0 saturated heterocycles. The van der Waals surface area contributed by atoms with Gasteiger partial charge in [-0.2, -0.15) is 0 Å². The monoisotopic (exact) mass is 398 g/mol. The first-order valence-corrected chi connectivity index (χ1v) is 9.77. The molecule has 0 bridgehead atoms. The topological polar surface area (TPSA) is 85.9 Å². The number of anilines is 1. The number of ether oxygens (including phenoxy) is 3. The number of amides is 2. The van der Waals surface area contributed by atoms with Gasteiger partial charge >= 0.3 is 6.09 Å². The molecule has 1 aliphatic rings. The summed E-state index contributed by atoms with van der Waals surface area (Å²) in [5.74, 6) is 1.39. The van der Waals surface area contributed by atoms with Gasteiger partial charge in [-0.05, 0) is 57.2 Å². The summed E-state index contributed by atoms with van der Waals surface area (Å²) in [6.45, 7) is 6.86. The number of carbonyl (C=O) groups is 2. The zero-order valence-electron chi connectivity index (χ0n) is 16.9. The molecule has 7 heteroatoms. The molecule has 2 aromatic rings. The molecule has 0 spiro atoms. The van der Waals surface area contributed by atoms with Crippen molar-refractivity contribution >= 4 is 17.7 Å². The summed E-state index contributed by atoms with van der Waals surface area (Å²) in [4.78, 5) is 24.0. The molecule has 0 unspecified atom stereocenters. The largest absolute Gasteiger partial charge is 0.494 e. The number of carbonyl (C=O) groups excluding carboxylic acids is 2. The Labute approximate surface area is 170 Å². The van der Waals surface area contributed by atoms with Gasteiger partial charge in [-0.1, -0.05) is 0 Å². The van der Waals surface area contributed by atoms with Crippen molar-refractivity contribution in [2.75, 3.05) is 18.5 Å². The van der Waals surface area contributed by atoms with Crippen LogP contribution in [0.5, 0.6) is 11.5 Å². The van der Waals surface area contributed by atoms with E-state index in [0.29, 0.717) is 31.0 Å². The molecule has 2 amide bonds. The van der Waals surface area contributed by atoms with Crippen LogP contribution in [0.3, 0.4) is 0 Å². The minimum atomic E-state index is -0.527. The van der Waals surface area contributed by atoms with Crippen LogP contribution in [0.25, 0.3) is 0 Å². The van der Waals surface area contributed by atoms with Crippen LogP contribution in [0.4, 0.5) is 10.5 Å². The average Bonchev–Trinajstić information content (AvgIpc) is 3.05. The lowest BCUT2D eigenvalue weighted by Gasteiger charge is -2.13. The first kappa shape index (κ1) is 20.5. The third kappa shape index (κ3) is 5.19. The van der Waals surface area contributed by atoms with E-state index in [9.17, 15) is 9.59 Å². The van der Waals surface area contributed by atoms with Crippen molar-refractivity contribution in [1.82, 2.24) is 5.32 Å². The molecule has 0 aromatic heterocycles. The quantitative estimate of drug-likeness (QED) is 0.739. The molecule has 0 aliphatic carbocycles. The van der Waals surface area contributed by atoms with Crippen LogP contribution in [-0.4, -0.2) is 31.3 Å². The molecule has 2 aromatic carbocycles. The van der Waals surface area contributed by atoms with Crippen LogP contribution in [0.2, 0.25) is 0 Å². The van der Waals surface area contributed by atoms with Crippen molar-refractivity contribution in [2.45, 2.75) is 39.8 Å². The van der Waals surface area contributed by atoms with Crippen molar-refractivity contribution in [3.63, 3.8) is 0 Å². The van der Waals surface area contributed by atoms with Crippen molar-refractivity contribution in [3.8, 4) is 11.5 Å². The molecular formula is C22H26N2O5. The Balaban J connectivity index is 1.64. The molecule has 154 valence electrons. The Morgan fingerprint density at radius 1 is 1.14 bits per heavy atom. The molecule has 7 nitrogen and oxygen atoms in total. The van der Waals surface area contributed by atoms with Gasteiger partial charge in [0, 0.05) is 35.3 Å².